The van der Waals surface area contributed by atoms with E-state index in [0.29, 0.717) is 5.82 Å². The standard InChI is InChI=1S/C17H20N2O4S/c1-17(2,3)23-16(20)19-15-9-8-12(10-18-15)14-7-5-4-6-13(14)11-24(21)22/h4-10H,11H2,1-3H3,(H,21,22)(H,18,19,20). The number of ether oxygens (including phenoxy) is 1. The van der Waals surface area contributed by atoms with E-state index >= 15 is 0 Å². The molecule has 1 aromatic heterocycles. The van der Waals surface area contributed by atoms with Gasteiger partial charge in [0.1, 0.15) is 11.4 Å². The molecule has 1 amide bonds. The van der Waals surface area contributed by atoms with Crippen LogP contribution in [-0.4, -0.2) is 25.4 Å². The van der Waals surface area contributed by atoms with Crippen LogP contribution >= 0.6 is 0 Å². The van der Waals surface area contributed by atoms with Crippen molar-refractivity contribution in [1.82, 2.24) is 4.98 Å². The van der Waals surface area contributed by atoms with Crippen molar-refractivity contribution in [2.45, 2.75) is 32.1 Å². The SMILES string of the molecule is CC(C)(C)OC(=O)Nc1ccc(-c2ccccc2CS(=O)O)cn1. The average Bonchev–Trinajstić information content (AvgIpc) is 2.46. The third-order valence-electron chi connectivity index (χ3n) is 3.00. The van der Waals surface area contributed by atoms with Crippen molar-refractivity contribution < 1.29 is 18.3 Å². The topological polar surface area (TPSA) is 88.5 Å². The number of hydrogen-bond acceptors (Lipinski definition) is 4. The molecule has 1 atom stereocenters. The second-order valence-corrected chi connectivity index (χ2v) is 7.11. The molecule has 0 aliphatic rings. The summed E-state index contributed by atoms with van der Waals surface area (Å²) in [6.45, 7) is 5.35. The average molecular weight is 348 g/mol. The Bertz CT molecular complexity index is 739. The van der Waals surface area contributed by atoms with Gasteiger partial charge in [-0.1, -0.05) is 24.3 Å². The summed E-state index contributed by atoms with van der Waals surface area (Å²) in [5.74, 6) is 0.421. The van der Waals surface area contributed by atoms with E-state index in [4.69, 9.17) is 9.29 Å². The molecule has 0 fully saturated rings. The number of carbonyl (C=O) groups is 1. The van der Waals surface area contributed by atoms with Gasteiger partial charge in [-0.15, -0.1) is 0 Å². The van der Waals surface area contributed by atoms with E-state index in [0.717, 1.165) is 16.7 Å². The minimum atomic E-state index is -1.92. The van der Waals surface area contributed by atoms with Gasteiger partial charge in [0.05, 0.1) is 5.75 Å². The molecule has 0 saturated heterocycles. The third-order valence-corrected chi connectivity index (χ3v) is 3.56. The van der Waals surface area contributed by atoms with Crippen molar-refractivity contribution in [3.63, 3.8) is 0 Å². The van der Waals surface area contributed by atoms with Crippen LogP contribution in [0.4, 0.5) is 10.6 Å². The number of amides is 1. The molecule has 128 valence electrons. The predicted molar refractivity (Wildman–Crippen MR) is 94.0 cm³/mol. The van der Waals surface area contributed by atoms with Gasteiger partial charge in [-0.3, -0.25) is 5.32 Å². The first-order valence-corrected chi connectivity index (χ1v) is 8.64. The lowest BCUT2D eigenvalue weighted by atomic mass is 10.0. The highest BCUT2D eigenvalue weighted by Gasteiger charge is 2.16. The van der Waals surface area contributed by atoms with Gasteiger partial charge >= 0.3 is 6.09 Å². The number of hydrogen-bond donors (Lipinski definition) is 2. The first-order valence-electron chi connectivity index (χ1n) is 7.36. The van der Waals surface area contributed by atoms with Crippen LogP contribution in [0, 0.1) is 0 Å². The first-order chi connectivity index (χ1) is 11.2. The van der Waals surface area contributed by atoms with Gasteiger partial charge in [-0.2, -0.15) is 0 Å². The molecule has 2 rings (SSSR count). The second kappa shape index (κ2) is 7.55. The van der Waals surface area contributed by atoms with Gasteiger partial charge in [0.2, 0.25) is 0 Å². The minimum Gasteiger partial charge on any atom is -0.444 e. The number of benzene rings is 1. The van der Waals surface area contributed by atoms with Gasteiger partial charge in [0, 0.05) is 11.8 Å². The van der Waals surface area contributed by atoms with E-state index in [1.807, 2.05) is 18.2 Å². The Morgan fingerprint density at radius 3 is 2.54 bits per heavy atom. The summed E-state index contributed by atoms with van der Waals surface area (Å²) in [7, 11) is 0. The number of rotatable bonds is 4. The van der Waals surface area contributed by atoms with Crippen LogP contribution in [0.5, 0.6) is 0 Å². The molecule has 7 heteroatoms. The molecular formula is C17H20N2O4S. The van der Waals surface area contributed by atoms with Crippen LogP contribution in [0.3, 0.4) is 0 Å². The molecule has 1 heterocycles. The fourth-order valence-corrected chi connectivity index (χ4v) is 2.61. The van der Waals surface area contributed by atoms with Crippen LogP contribution in [0.15, 0.2) is 42.6 Å². The molecule has 0 aliphatic carbocycles. The zero-order valence-corrected chi connectivity index (χ0v) is 14.6. The number of pyridine rings is 1. The van der Waals surface area contributed by atoms with Gasteiger partial charge in [-0.25, -0.2) is 14.0 Å². The Morgan fingerprint density at radius 2 is 1.96 bits per heavy atom. The Labute approximate surface area is 143 Å². The van der Waals surface area contributed by atoms with Crippen molar-refractivity contribution in [3.05, 3.63) is 48.2 Å². The zero-order chi connectivity index (χ0) is 17.7. The smallest absolute Gasteiger partial charge is 0.413 e. The maximum absolute atomic E-state index is 11.7. The summed E-state index contributed by atoms with van der Waals surface area (Å²) in [6, 6.07) is 10.8. The monoisotopic (exact) mass is 348 g/mol. The summed E-state index contributed by atoms with van der Waals surface area (Å²) in [5, 5.41) is 2.56. The molecule has 2 N–H and O–H groups in total. The number of nitrogens with zero attached hydrogens (tertiary/aromatic N) is 1. The Kier molecular flexibility index (Phi) is 5.69. The summed E-state index contributed by atoms with van der Waals surface area (Å²) in [5.41, 5.74) is 1.80. The largest absolute Gasteiger partial charge is 0.444 e. The summed E-state index contributed by atoms with van der Waals surface area (Å²) in [4.78, 5) is 15.9. The quantitative estimate of drug-likeness (QED) is 0.820. The molecule has 0 spiro atoms. The molecule has 24 heavy (non-hydrogen) atoms. The first kappa shape index (κ1) is 18.1. The van der Waals surface area contributed by atoms with Gasteiger partial charge < -0.3 is 9.29 Å². The van der Waals surface area contributed by atoms with E-state index in [2.05, 4.69) is 10.3 Å². The van der Waals surface area contributed by atoms with Crippen LogP contribution < -0.4 is 5.32 Å². The Morgan fingerprint density at radius 1 is 1.25 bits per heavy atom. The van der Waals surface area contributed by atoms with Crippen LogP contribution in [0.1, 0.15) is 26.3 Å². The fraction of sp³-hybridized carbons (Fsp3) is 0.294. The van der Waals surface area contributed by atoms with Crippen LogP contribution in [-0.2, 0) is 21.6 Å². The van der Waals surface area contributed by atoms with E-state index in [-0.39, 0.29) is 5.75 Å². The molecule has 0 radical (unpaired) electrons. The van der Waals surface area contributed by atoms with E-state index in [1.54, 1.807) is 45.2 Å². The summed E-state index contributed by atoms with van der Waals surface area (Å²) < 4.78 is 25.4. The third kappa shape index (κ3) is 5.43. The minimum absolute atomic E-state index is 0.0497. The summed E-state index contributed by atoms with van der Waals surface area (Å²) >= 11 is -1.92. The zero-order valence-electron chi connectivity index (χ0n) is 13.8. The van der Waals surface area contributed by atoms with Gasteiger partial charge in [-0.05, 0) is 44.0 Å². The lowest BCUT2D eigenvalue weighted by Gasteiger charge is -2.19. The molecule has 6 nitrogen and oxygen atoms in total. The van der Waals surface area contributed by atoms with Crippen molar-refractivity contribution >= 4 is 23.0 Å². The van der Waals surface area contributed by atoms with E-state index < -0.39 is 22.8 Å². The number of carbonyl (C=O) groups excluding carboxylic acids is 1. The molecule has 1 unspecified atom stereocenters. The van der Waals surface area contributed by atoms with Crippen molar-refractivity contribution in [2.24, 2.45) is 0 Å². The lowest BCUT2D eigenvalue weighted by Crippen LogP contribution is -2.27. The molecule has 0 saturated carbocycles. The highest BCUT2D eigenvalue weighted by atomic mass is 32.2. The normalized spacial score (nSPS) is 12.5. The second-order valence-electron chi connectivity index (χ2n) is 6.18. The number of nitrogens with one attached hydrogen (secondary N) is 1. The van der Waals surface area contributed by atoms with E-state index in [9.17, 15) is 9.00 Å². The molecule has 0 aliphatic heterocycles. The highest BCUT2D eigenvalue weighted by Crippen LogP contribution is 2.25. The van der Waals surface area contributed by atoms with Crippen LogP contribution in [0.2, 0.25) is 0 Å². The Hall–Kier alpha value is -2.25. The van der Waals surface area contributed by atoms with Crippen LogP contribution in [0.25, 0.3) is 11.1 Å². The Balaban J connectivity index is 2.15. The summed E-state index contributed by atoms with van der Waals surface area (Å²) in [6.07, 6.45) is 1.03. The van der Waals surface area contributed by atoms with Crippen molar-refractivity contribution in [3.8, 4) is 11.1 Å². The fourth-order valence-electron chi connectivity index (χ4n) is 2.10. The lowest BCUT2D eigenvalue weighted by molar-refractivity contribution is 0.0635. The number of anilines is 1. The maximum Gasteiger partial charge on any atom is 0.413 e. The molecule has 0 bridgehead atoms. The number of aromatic nitrogens is 1. The predicted octanol–water partition coefficient (Wildman–Crippen LogP) is 3.82. The van der Waals surface area contributed by atoms with Gasteiger partial charge in [0.25, 0.3) is 0 Å². The van der Waals surface area contributed by atoms with E-state index in [1.165, 1.54) is 0 Å². The molecule has 2 aromatic rings. The molecular weight excluding hydrogens is 328 g/mol. The van der Waals surface area contributed by atoms with Crippen molar-refractivity contribution in [1.29, 1.82) is 0 Å². The molecule has 1 aromatic carbocycles. The van der Waals surface area contributed by atoms with Crippen molar-refractivity contribution in [2.75, 3.05) is 5.32 Å². The maximum atomic E-state index is 11.7. The van der Waals surface area contributed by atoms with Gasteiger partial charge in [0.15, 0.2) is 11.1 Å². The highest BCUT2D eigenvalue weighted by molar-refractivity contribution is 7.78.